The van der Waals surface area contributed by atoms with Gasteiger partial charge in [0.2, 0.25) is 58.6 Å². The van der Waals surface area contributed by atoms with E-state index >= 15 is 9.59 Å². The second kappa shape index (κ2) is 38.5. The molecule has 0 saturated carbocycles. The van der Waals surface area contributed by atoms with E-state index in [1.165, 1.54) is 73.1 Å². The Morgan fingerprint density at radius 2 is 1.34 bits per heavy atom. The lowest BCUT2D eigenvalue weighted by atomic mass is 9.79. The standard InChI is InChI=1S/C80H97N13O23/c1-39-16-15-17-40(2)76(108)91-68-71(106)64-63(65-73(44(6)70(64)105)116-80(10,75(65)107)113-29-25-53(112-11)42(4)72(114-47(9)94)43(5)69(104)41(3)30-39)67-74(68)115-54-33-50(32-52(95)66(54)90-67)92-26-22-49(23-27-92)88-60(101)38-84-57(98)35-82-58(99)36-85-77(109)45(7)87-79(111)51(31-48-18-13-12-14-19-48)89-78(110)46(8)86-59(100)37-83-56(97)34-81-55(96)24-28-93-61(102)20-21-62(93)103/h12-21,25,29,32-33,39,41-43,45-46,49,51,53,69,72,95,104-105H,22-24,26-28,30-31,34-38H2,1-11H3,(H,81,96)(H,82,99)(H,83,97)(H,84,98)(H,85,109)(H,86,100)(H,87,111)(H,88,101)(H,89,110)(H,91,108)/b16-15+,29-25+,40-17-/t39-,41+,42+,43+,45-,46-,51-,53-,69+,72+,80-/m0/s1. The molecule has 4 bridgehead atoms. The number of carbonyl (C=O) groups excluding carboxylic acids is 14. The van der Waals surface area contributed by atoms with E-state index < -0.39 is 203 Å². The van der Waals surface area contributed by atoms with E-state index in [-0.39, 0.29) is 81.6 Å². The fourth-order valence-corrected chi connectivity index (χ4v) is 14.0. The zero-order chi connectivity index (χ0) is 84.7. The van der Waals surface area contributed by atoms with E-state index in [0.717, 1.165) is 17.1 Å². The SMILES string of the molecule is CO[C@H]1/C=C/O[C@@]2(C)Oc3c(C)c(O)c4c(=O)c(c5oc6cc(N7CCC(NC(=O)CNC(=O)CNC(=O)CNC(=O)[C@H](C)NC(=O)[C@H](Cc8ccccc8)NC(=O)[C@H](C)NC(=O)CNC(=O)CNC(=O)CCN8C(=O)C=CC8=O)CC7)cc(O)c6nc-5c4c3C2=O)NC(=O)/C(C)=C\C=C\[C@H](C)C[C@@H](C)[C@@H](O)[C@@H](C)[C@H](OC(C)=O)[C@@H]1C. The molecule has 36 heteroatoms. The summed E-state index contributed by atoms with van der Waals surface area (Å²) >= 11 is 0. The van der Waals surface area contributed by atoms with Crippen molar-refractivity contribution < 1.29 is 106 Å². The zero-order valence-electron chi connectivity index (χ0n) is 66.0. The van der Waals surface area contributed by atoms with Crippen LogP contribution in [0.25, 0.3) is 33.3 Å². The number of phenols is 2. The molecule has 1 aliphatic carbocycles. The number of nitrogens with one attached hydrogen (secondary N) is 10. The summed E-state index contributed by atoms with van der Waals surface area (Å²) in [5.41, 5.74) is -0.983. The minimum absolute atomic E-state index is 0.0367. The molecule has 0 aromatic heterocycles. The van der Waals surface area contributed by atoms with Gasteiger partial charge >= 0.3 is 11.8 Å². The highest BCUT2D eigenvalue weighted by Crippen LogP contribution is 2.51. The van der Waals surface area contributed by atoms with Crippen molar-refractivity contribution in [1.82, 2.24) is 57.7 Å². The maximum Gasteiger partial charge on any atom is 0.312 e. The number of allylic oxidation sites excluding steroid dienone is 3. The average molecular weight is 1610 g/mol. The van der Waals surface area contributed by atoms with Crippen molar-refractivity contribution in [3.05, 3.63) is 118 Å². The fraction of sp³-hybridized carbons (Fsp3) is 0.450. The second-order valence-electron chi connectivity index (χ2n) is 29.4. The number of aromatic hydroxyl groups is 2. The summed E-state index contributed by atoms with van der Waals surface area (Å²) in [6.07, 6.45) is 8.10. The summed E-state index contributed by atoms with van der Waals surface area (Å²) in [6, 6.07) is 7.27. The lowest BCUT2D eigenvalue weighted by molar-refractivity contribution is -0.159. The number of imide groups is 1. The highest BCUT2D eigenvalue weighted by atomic mass is 16.7. The summed E-state index contributed by atoms with van der Waals surface area (Å²) in [5, 5.41) is 59.6. The van der Waals surface area contributed by atoms with E-state index in [4.69, 9.17) is 28.3 Å². The van der Waals surface area contributed by atoms with Gasteiger partial charge in [-0.25, -0.2) is 4.98 Å². The predicted molar refractivity (Wildman–Crippen MR) is 417 cm³/mol. The number of carbonyl (C=O) groups is 14. The summed E-state index contributed by atoms with van der Waals surface area (Å²) in [6.45, 7) is 13.1. The average Bonchev–Trinajstić information content (AvgIpc) is 1.48. The Kier molecular flexibility index (Phi) is 29.0. The van der Waals surface area contributed by atoms with Crippen LogP contribution in [0.4, 0.5) is 11.4 Å². The van der Waals surface area contributed by atoms with Crippen LogP contribution in [0.1, 0.15) is 109 Å². The van der Waals surface area contributed by atoms with Crippen LogP contribution in [0.5, 0.6) is 17.2 Å². The number of rotatable bonds is 25. The lowest BCUT2D eigenvalue weighted by Crippen LogP contribution is -2.57. The second-order valence-corrected chi connectivity index (χ2v) is 29.4. The molecular weight excluding hydrogens is 1510 g/mol. The normalized spacial score (nSPS) is 22.3. The molecule has 6 aliphatic rings. The van der Waals surface area contributed by atoms with Gasteiger partial charge in [0.15, 0.2) is 11.3 Å². The Morgan fingerprint density at radius 3 is 1.98 bits per heavy atom. The number of methoxy groups -OCH3 is 1. The number of esters is 1. The number of hydrogen-bond acceptors (Lipinski definition) is 25. The number of aliphatic hydroxyl groups excluding tert-OH is 1. The number of ether oxygens (including phenoxy) is 4. The third kappa shape index (κ3) is 21.4. The number of fused-ring (bicyclic) bond motifs is 2. The predicted octanol–water partition coefficient (Wildman–Crippen LogP) is 1.40. The lowest BCUT2D eigenvalue weighted by Gasteiger charge is -2.36. The van der Waals surface area contributed by atoms with Crippen LogP contribution >= 0.6 is 0 Å². The van der Waals surface area contributed by atoms with E-state index in [1.54, 1.807) is 56.3 Å². The van der Waals surface area contributed by atoms with Crippen molar-refractivity contribution in [3.8, 4) is 28.7 Å². The number of piperidine rings is 1. The number of hydrogen-bond donors (Lipinski definition) is 13. The van der Waals surface area contributed by atoms with Crippen molar-refractivity contribution in [1.29, 1.82) is 0 Å². The molecule has 0 spiro atoms. The van der Waals surface area contributed by atoms with Gasteiger partial charge in [-0.1, -0.05) is 76.3 Å². The van der Waals surface area contributed by atoms with Gasteiger partial charge in [-0.2, -0.15) is 0 Å². The van der Waals surface area contributed by atoms with Gasteiger partial charge < -0.3 is 96.8 Å². The molecule has 0 unspecified atom stereocenters. The Labute approximate surface area is 666 Å². The van der Waals surface area contributed by atoms with Crippen LogP contribution in [0.3, 0.4) is 0 Å². The first-order valence-corrected chi connectivity index (χ1v) is 37.8. The van der Waals surface area contributed by atoms with Gasteiger partial charge in [0.25, 0.3) is 23.5 Å². The van der Waals surface area contributed by atoms with Gasteiger partial charge in [0.05, 0.1) is 62.1 Å². The largest absolute Gasteiger partial charge is 0.507 e. The number of ketones is 1. The van der Waals surface area contributed by atoms with Crippen LogP contribution in [0.2, 0.25) is 0 Å². The fourth-order valence-electron chi connectivity index (χ4n) is 14.0. The molecule has 116 heavy (non-hydrogen) atoms. The zero-order valence-corrected chi connectivity index (χ0v) is 66.0. The number of phenolic OH excluding ortho intramolecular Hbond substituents is 2. The highest BCUT2D eigenvalue weighted by molar-refractivity contribution is 6.22. The molecule has 36 nitrogen and oxygen atoms in total. The number of aromatic nitrogens is 1. The Balaban J connectivity index is 0.785. The molecule has 1 saturated heterocycles. The summed E-state index contributed by atoms with van der Waals surface area (Å²) in [4.78, 5) is 204. The Bertz CT molecular complexity index is 4820. The van der Waals surface area contributed by atoms with E-state index in [1.807, 2.05) is 24.8 Å². The van der Waals surface area contributed by atoms with Crippen molar-refractivity contribution in [2.45, 2.75) is 150 Å². The smallest absolute Gasteiger partial charge is 0.312 e. The molecule has 0 radical (unpaired) electrons. The van der Waals surface area contributed by atoms with Crippen LogP contribution < -0.4 is 68.2 Å². The number of aliphatic hydroxyl groups is 1. The van der Waals surface area contributed by atoms with Crippen LogP contribution in [-0.2, 0) is 83.0 Å². The summed E-state index contributed by atoms with van der Waals surface area (Å²) < 4.78 is 30.6. The number of amides is 12. The number of benzene rings is 4. The monoisotopic (exact) mass is 1610 g/mol. The van der Waals surface area contributed by atoms with Crippen molar-refractivity contribution in [2.24, 2.45) is 23.7 Å². The minimum Gasteiger partial charge on any atom is -0.507 e. The molecule has 5 aliphatic heterocycles. The first-order chi connectivity index (χ1) is 55.0. The van der Waals surface area contributed by atoms with Crippen molar-refractivity contribution >= 4 is 116 Å². The third-order valence-electron chi connectivity index (χ3n) is 20.5. The van der Waals surface area contributed by atoms with Crippen LogP contribution in [0, 0.1) is 30.6 Å². The van der Waals surface area contributed by atoms with Gasteiger partial charge in [-0.15, -0.1) is 0 Å². The van der Waals surface area contributed by atoms with E-state index in [0.29, 0.717) is 43.6 Å². The first kappa shape index (κ1) is 87.4. The van der Waals surface area contributed by atoms with Gasteiger partial charge in [-0.05, 0) is 70.4 Å². The highest BCUT2D eigenvalue weighted by Gasteiger charge is 2.50. The molecule has 3 aromatic carbocycles. The maximum absolute atomic E-state index is 15.1. The van der Waals surface area contributed by atoms with Gasteiger partial charge in [0, 0.05) is 118 Å². The molecule has 9 rings (SSSR count). The van der Waals surface area contributed by atoms with Crippen molar-refractivity contribution in [2.75, 3.05) is 69.7 Å². The topological polar surface area (TPSA) is 506 Å². The number of anilines is 2. The quantitative estimate of drug-likeness (QED) is 0.0170. The molecule has 5 heterocycles. The summed E-state index contributed by atoms with van der Waals surface area (Å²) in [5.74, 6) is -15.4. The molecule has 1 fully saturated rings. The Morgan fingerprint density at radius 1 is 0.733 bits per heavy atom. The van der Waals surface area contributed by atoms with Gasteiger partial charge in [-0.3, -0.25) is 76.8 Å². The van der Waals surface area contributed by atoms with E-state index in [9.17, 15) is 77.6 Å². The Hall–Kier alpha value is -12.6. The molecule has 12 amide bonds. The van der Waals surface area contributed by atoms with Gasteiger partial charge in [0.1, 0.15) is 58.4 Å². The number of nitrogens with zero attached hydrogens (tertiary/aromatic N) is 3. The summed E-state index contributed by atoms with van der Waals surface area (Å²) in [7, 11) is 1.43. The molecular formula is C80H97N13O23. The molecule has 620 valence electrons. The molecule has 3 aromatic rings. The molecule has 11 atom stereocenters. The van der Waals surface area contributed by atoms with Crippen LogP contribution in [-0.4, -0.2) is 216 Å². The minimum atomic E-state index is -2.16. The number of Topliss-reactive ketones (excluding diaryl/α,β-unsaturated/α-hetero) is 1. The molecule has 13 N–H and O–H groups in total. The van der Waals surface area contributed by atoms with E-state index in [2.05, 4.69) is 53.2 Å². The third-order valence-corrected chi connectivity index (χ3v) is 20.5. The maximum atomic E-state index is 15.1. The first-order valence-electron chi connectivity index (χ1n) is 37.8. The van der Waals surface area contributed by atoms with Crippen molar-refractivity contribution in [3.63, 3.8) is 0 Å². The van der Waals surface area contributed by atoms with Crippen LogP contribution in [0.15, 0.2) is 100.0 Å².